The highest BCUT2D eigenvalue weighted by Crippen LogP contribution is 2.23. The lowest BCUT2D eigenvalue weighted by Gasteiger charge is -2.35. The molecule has 1 aliphatic rings. The predicted octanol–water partition coefficient (Wildman–Crippen LogP) is 1.56. The van der Waals surface area contributed by atoms with Gasteiger partial charge in [0.1, 0.15) is 0 Å². The van der Waals surface area contributed by atoms with E-state index in [0.717, 1.165) is 37.7 Å². The monoisotopic (exact) mass is 276 g/mol. The highest BCUT2D eigenvalue weighted by Gasteiger charge is 2.29. The van der Waals surface area contributed by atoms with Gasteiger partial charge in [-0.2, -0.15) is 0 Å². The molecule has 0 radical (unpaired) electrons. The maximum Gasteiger partial charge on any atom is 0.253 e. The number of aliphatic hydroxyl groups excluding tert-OH is 1. The molecular weight excluding hydrogens is 252 g/mol. The molecule has 2 atom stereocenters. The molecule has 2 rings (SSSR count). The molecule has 0 spiro atoms. The lowest BCUT2D eigenvalue weighted by molar-refractivity contribution is 0.0268. The number of nitrogens with two attached hydrogens (primary N) is 1. The van der Waals surface area contributed by atoms with E-state index in [9.17, 15) is 9.90 Å². The van der Waals surface area contributed by atoms with Crippen LogP contribution in [0.3, 0.4) is 0 Å². The normalized spacial score (nSPS) is 22.6. The maximum absolute atomic E-state index is 12.5. The number of hydrogen-bond acceptors (Lipinski definition) is 3. The van der Waals surface area contributed by atoms with E-state index in [0.29, 0.717) is 12.1 Å². The van der Waals surface area contributed by atoms with Crippen molar-refractivity contribution in [2.24, 2.45) is 5.73 Å². The van der Waals surface area contributed by atoms with Crippen LogP contribution in [0.1, 0.15) is 41.6 Å². The lowest BCUT2D eigenvalue weighted by Crippen LogP contribution is -2.46. The number of aliphatic hydroxyl groups is 1. The zero-order valence-corrected chi connectivity index (χ0v) is 12.1. The first-order valence-electron chi connectivity index (χ1n) is 7.37. The summed E-state index contributed by atoms with van der Waals surface area (Å²) >= 11 is 0. The summed E-state index contributed by atoms with van der Waals surface area (Å²) in [6.45, 7) is 0.578. The standard InChI is InChI=1S/C16H24N2O2/c1-18(14-7-2-3-8-15(14)19)16(20)13-6-4-5-12(11-13)9-10-17/h4-6,11,14-15,19H,2-3,7-10,17H2,1H3. The molecule has 1 aromatic rings. The van der Waals surface area contributed by atoms with Gasteiger partial charge in [0, 0.05) is 12.6 Å². The number of nitrogens with zero attached hydrogens (tertiary/aromatic N) is 1. The zero-order valence-electron chi connectivity index (χ0n) is 12.1. The molecule has 3 N–H and O–H groups in total. The highest BCUT2D eigenvalue weighted by atomic mass is 16.3. The summed E-state index contributed by atoms with van der Waals surface area (Å²) in [6, 6.07) is 7.55. The lowest BCUT2D eigenvalue weighted by atomic mass is 9.91. The summed E-state index contributed by atoms with van der Waals surface area (Å²) in [6.07, 6.45) is 4.17. The van der Waals surface area contributed by atoms with Crippen LogP contribution in [-0.2, 0) is 6.42 Å². The first kappa shape index (κ1) is 15.0. The fourth-order valence-corrected chi connectivity index (χ4v) is 2.92. The Kier molecular flexibility index (Phi) is 5.15. The van der Waals surface area contributed by atoms with E-state index in [1.807, 2.05) is 24.3 Å². The van der Waals surface area contributed by atoms with E-state index in [1.165, 1.54) is 0 Å². The Labute approximate surface area is 120 Å². The Morgan fingerprint density at radius 2 is 2.15 bits per heavy atom. The molecular formula is C16H24N2O2. The second-order valence-corrected chi connectivity index (χ2v) is 5.57. The Balaban J connectivity index is 2.11. The fraction of sp³-hybridized carbons (Fsp3) is 0.562. The van der Waals surface area contributed by atoms with Gasteiger partial charge >= 0.3 is 0 Å². The number of carbonyl (C=O) groups is 1. The van der Waals surface area contributed by atoms with Crippen LogP contribution in [0.2, 0.25) is 0 Å². The summed E-state index contributed by atoms with van der Waals surface area (Å²) in [5.41, 5.74) is 7.31. The SMILES string of the molecule is CN(C(=O)c1cccc(CCN)c1)C1CCCCC1O. The molecule has 1 fully saturated rings. The van der Waals surface area contributed by atoms with Crippen LogP contribution in [0.5, 0.6) is 0 Å². The van der Waals surface area contributed by atoms with Crippen LogP contribution in [0.4, 0.5) is 0 Å². The molecule has 1 amide bonds. The van der Waals surface area contributed by atoms with E-state index < -0.39 is 6.10 Å². The molecule has 0 heterocycles. The average molecular weight is 276 g/mol. The first-order chi connectivity index (χ1) is 9.63. The average Bonchev–Trinajstić information content (AvgIpc) is 2.47. The molecule has 0 aliphatic heterocycles. The van der Waals surface area contributed by atoms with Gasteiger partial charge < -0.3 is 15.7 Å². The fourth-order valence-electron chi connectivity index (χ4n) is 2.92. The minimum absolute atomic E-state index is 0.0187. The van der Waals surface area contributed by atoms with Crippen LogP contribution >= 0.6 is 0 Å². The molecule has 4 heteroatoms. The van der Waals surface area contributed by atoms with E-state index >= 15 is 0 Å². The van der Waals surface area contributed by atoms with Gasteiger partial charge in [0.2, 0.25) is 0 Å². The number of hydrogen-bond donors (Lipinski definition) is 2. The summed E-state index contributed by atoms with van der Waals surface area (Å²) in [5, 5.41) is 10.1. The summed E-state index contributed by atoms with van der Waals surface area (Å²) in [7, 11) is 1.79. The quantitative estimate of drug-likeness (QED) is 0.877. The Bertz CT molecular complexity index is 462. The number of likely N-dealkylation sites (N-methyl/N-ethyl adjacent to an activating group) is 1. The minimum atomic E-state index is -0.398. The van der Waals surface area contributed by atoms with Crippen molar-refractivity contribution in [3.05, 3.63) is 35.4 Å². The summed E-state index contributed by atoms with van der Waals surface area (Å²) < 4.78 is 0. The maximum atomic E-state index is 12.5. The van der Waals surface area contributed by atoms with Gasteiger partial charge in [-0.3, -0.25) is 4.79 Å². The number of carbonyl (C=O) groups excluding carboxylic acids is 1. The summed E-state index contributed by atoms with van der Waals surface area (Å²) in [4.78, 5) is 14.2. The Hall–Kier alpha value is -1.39. The van der Waals surface area contributed by atoms with Gasteiger partial charge in [0.15, 0.2) is 0 Å². The molecule has 1 aliphatic carbocycles. The zero-order chi connectivity index (χ0) is 14.5. The van der Waals surface area contributed by atoms with Gasteiger partial charge in [0.25, 0.3) is 5.91 Å². The third-order valence-corrected chi connectivity index (χ3v) is 4.12. The molecule has 2 unspecified atom stereocenters. The highest BCUT2D eigenvalue weighted by molar-refractivity contribution is 5.94. The van der Waals surface area contributed by atoms with E-state index in [1.54, 1.807) is 11.9 Å². The van der Waals surface area contributed by atoms with Crippen LogP contribution in [0.15, 0.2) is 24.3 Å². The van der Waals surface area contributed by atoms with Crippen molar-refractivity contribution in [2.75, 3.05) is 13.6 Å². The van der Waals surface area contributed by atoms with Crippen LogP contribution < -0.4 is 5.73 Å². The largest absolute Gasteiger partial charge is 0.391 e. The van der Waals surface area contributed by atoms with Crippen molar-refractivity contribution >= 4 is 5.91 Å². The van der Waals surface area contributed by atoms with Gasteiger partial charge in [-0.1, -0.05) is 25.0 Å². The second-order valence-electron chi connectivity index (χ2n) is 5.57. The van der Waals surface area contributed by atoms with Crippen molar-refractivity contribution in [2.45, 2.75) is 44.2 Å². The van der Waals surface area contributed by atoms with Crippen LogP contribution in [-0.4, -0.2) is 41.7 Å². The topological polar surface area (TPSA) is 66.6 Å². The molecule has 20 heavy (non-hydrogen) atoms. The van der Waals surface area contributed by atoms with Crippen molar-refractivity contribution in [1.29, 1.82) is 0 Å². The molecule has 0 bridgehead atoms. The van der Waals surface area contributed by atoms with Gasteiger partial charge in [-0.05, 0) is 43.5 Å². The van der Waals surface area contributed by atoms with E-state index in [4.69, 9.17) is 5.73 Å². The number of rotatable bonds is 4. The van der Waals surface area contributed by atoms with Gasteiger partial charge in [-0.25, -0.2) is 0 Å². The molecule has 110 valence electrons. The predicted molar refractivity (Wildman–Crippen MR) is 79.6 cm³/mol. The first-order valence-corrected chi connectivity index (χ1v) is 7.37. The van der Waals surface area contributed by atoms with Crippen molar-refractivity contribution in [1.82, 2.24) is 4.90 Å². The van der Waals surface area contributed by atoms with Crippen molar-refractivity contribution < 1.29 is 9.90 Å². The van der Waals surface area contributed by atoms with Crippen LogP contribution in [0.25, 0.3) is 0 Å². The number of amides is 1. The number of benzene rings is 1. The molecule has 0 aromatic heterocycles. The molecule has 4 nitrogen and oxygen atoms in total. The third kappa shape index (κ3) is 3.38. The van der Waals surface area contributed by atoms with E-state index in [2.05, 4.69) is 0 Å². The van der Waals surface area contributed by atoms with Gasteiger partial charge in [0.05, 0.1) is 12.1 Å². The Morgan fingerprint density at radius 3 is 2.85 bits per heavy atom. The summed E-state index contributed by atoms with van der Waals surface area (Å²) in [5.74, 6) is -0.0187. The Morgan fingerprint density at radius 1 is 1.40 bits per heavy atom. The molecule has 1 aromatic carbocycles. The minimum Gasteiger partial charge on any atom is -0.391 e. The van der Waals surface area contributed by atoms with Crippen molar-refractivity contribution in [3.63, 3.8) is 0 Å². The van der Waals surface area contributed by atoms with E-state index in [-0.39, 0.29) is 11.9 Å². The molecule has 0 saturated heterocycles. The van der Waals surface area contributed by atoms with Gasteiger partial charge in [-0.15, -0.1) is 0 Å². The second kappa shape index (κ2) is 6.86. The third-order valence-electron chi connectivity index (χ3n) is 4.12. The van der Waals surface area contributed by atoms with Crippen LogP contribution in [0, 0.1) is 0 Å². The van der Waals surface area contributed by atoms with Crippen molar-refractivity contribution in [3.8, 4) is 0 Å². The smallest absolute Gasteiger partial charge is 0.253 e. The molecule has 1 saturated carbocycles.